The lowest BCUT2D eigenvalue weighted by molar-refractivity contribution is -0.151. The fourth-order valence-electron chi connectivity index (χ4n) is 3.60. The molecule has 31 heavy (non-hydrogen) atoms. The van der Waals surface area contributed by atoms with Crippen LogP contribution in [0.5, 0.6) is 0 Å². The predicted molar refractivity (Wildman–Crippen MR) is 118 cm³/mol. The van der Waals surface area contributed by atoms with Gasteiger partial charge in [-0.2, -0.15) is 4.39 Å². The highest BCUT2D eigenvalue weighted by atomic mass is 127. The Bertz CT molecular complexity index is 1000. The van der Waals surface area contributed by atoms with Gasteiger partial charge in [-0.1, -0.05) is 27.0 Å². The summed E-state index contributed by atoms with van der Waals surface area (Å²) in [6.45, 7) is 0. The van der Waals surface area contributed by atoms with Crippen LogP contribution in [0.2, 0.25) is 0 Å². The molecule has 3 rings (SSSR count). The van der Waals surface area contributed by atoms with Crippen molar-refractivity contribution in [3.05, 3.63) is 23.8 Å². The van der Waals surface area contributed by atoms with E-state index in [1.165, 1.54) is 32.9 Å². The summed E-state index contributed by atoms with van der Waals surface area (Å²) in [5.41, 5.74) is -0.485. The van der Waals surface area contributed by atoms with Gasteiger partial charge >= 0.3 is 11.9 Å². The summed E-state index contributed by atoms with van der Waals surface area (Å²) >= 11 is 1.99. The van der Waals surface area contributed by atoms with E-state index in [1.807, 2.05) is 21.2 Å². The molecule has 0 bridgehead atoms. The number of rotatable bonds is 7. The van der Waals surface area contributed by atoms with E-state index in [-0.39, 0.29) is 28.6 Å². The van der Waals surface area contributed by atoms with Crippen LogP contribution >= 0.6 is 30.1 Å². The van der Waals surface area contributed by atoms with E-state index in [2.05, 4.69) is 20.6 Å². The number of halogens is 2. The number of anilines is 1. The van der Waals surface area contributed by atoms with Gasteiger partial charge in [0.05, 0.1) is 36.2 Å². The molecule has 2 aromatic heterocycles. The number of esters is 1. The third-order valence-corrected chi connectivity index (χ3v) is 6.24. The molecule has 2 N–H and O–H groups in total. The van der Waals surface area contributed by atoms with Crippen molar-refractivity contribution in [2.75, 3.05) is 12.4 Å². The summed E-state index contributed by atoms with van der Waals surface area (Å²) in [5.74, 6) is -4.15. The Balaban J connectivity index is 1.82. The molecule has 1 saturated carbocycles. The Hall–Kier alpha value is -2.29. The average molecular weight is 563 g/mol. The smallest absolute Gasteiger partial charge is 0.356 e. The average Bonchev–Trinajstić information content (AvgIpc) is 3.18. The van der Waals surface area contributed by atoms with Crippen molar-refractivity contribution in [3.63, 3.8) is 0 Å². The number of amides is 1. The highest BCUT2D eigenvalue weighted by Crippen LogP contribution is 2.32. The van der Waals surface area contributed by atoms with Crippen molar-refractivity contribution in [2.45, 2.75) is 31.6 Å². The van der Waals surface area contributed by atoms with Gasteiger partial charge in [-0.15, -0.1) is 5.10 Å². The van der Waals surface area contributed by atoms with Crippen LogP contribution in [0.15, 0.2) is 12.1 Å². The predicted octanol–water partition coefficient (Wildman–Crippen LogP) is 3.14. The van der Waals surface area contributed by atoms with Crippen LogP contribution in [0, 0.1) is 17.8 Å². The van der Waals surface area contributed by atoms with Gasteiger partial charge in [0, 0.05) is 0 Å². The largest absolute Gasteiger partial charge is 0.476 e. The van der Waals surface area contributed by atoms with Crippen molar-refractivity contribution in [1.82, 2.24) is 20.0 Å². The summed E-state index contributed by atoms with van der Waals surface area (Å²) < 4.78 is 20.6. The zero-order valence-electron chi connectivity index (χ0n) is 16.4. The van der Waals surface area contributed by atoms with Gasteiger partial charge < -0.3 is 15.2 Å². The number of ether oxygens (including phenoxy) is 1. The molecule has 10 nitrogen and oxygen atoms in total. The van der Waals surface area contributed by atoms with E-state index < -0.39 is 35.6 Å². The quantitative estimate of drug-likeness (QED) is 0.296. The molecule has 0 saturated heterocycles. The molecular formula is C18H19FIN5O5S. The van der Waals surface area contributed by atoms with E-state index in [0.29, 0.717) is 12.8 Å². The Labute approximate surface area is 192 Å². The Morgan fingerprint density at radius 1 is 1.32 bits per heavy atom. The minimum Gasteiger partial charge on any atom is -0.476 e. The van der Waals surface area contributed by atoms with E-state index in [1.54, 1.807) is 0 Å². The lowest BCUT2D eigenvalue weighted by Crippen LogP contribution is -2.36. The van der Waals surface area contributed by atoms with Crippen LogP contribution in [-0.4, -0.2) is 50.0 Å². The maximum absolute atomic E-state index is 14.6. The molecule has 0 unspecified atom stereocenters. The van der Waals surface area contributed by atoms with Crippen molar-refractivity contribution < 1.29 is 28.6 Å². The number of aromatic carboxylic acids is 1. The molecule has 1 aliphatic carbocycles. The number of carboxylic acids is 1. The number of carboxylic acid groups (broad SMARTS) is 1. The second-order valence-corrected chi connectivity index (χ2v) is 9.22. The van der Waals surface area contributed by atoms with Crippen LogP contribution in [0.4, 0.5) is 10.1 Å². The third-order valence-electron chi connectivity index (χ3n) is 5.06. The van der Waals surface area contributed by atoms with Crippen LogP contribution in [0.1, 0.15) is 36.2 Å². The van der Waals surface area contributed by atoms with Gasteiger partial charge in [0.2, 0.25) is 11.9 Å². The summed E-state index contributed by atoms with van der Waals surface area (Å²) in [6.07, 6.45) is 2.64. The highest BCUT2D eigenvalue weighted by molar-refractivity contribution is 14.2. The summed E-state index contributed by atoms with van der Waals surface area (Å²) in [7, 11) is 2.59. The van der Waals surface area contributed by atoms with Crippen molar-refractivity contribution in [2.24, 2.45) is 11.8 Å². The Morgan fingerprint density at radius 2 is 2.03 bits per heavy atom. The number of methoxy groups -OCH3 is 1. The minimum absolute atomic E-state index is 0.0253. The first-order valence-electron chi connectivity index (χ1n) is 9.33. The number of hydrogen-bond donors (Lipinski definition) is 2. The first-order chi connectivity index (χ1) is 14.9. The monoisotopic (exact) mass is 563 g/mol. The molecule has 1 fully saturated rings. The van der Waals surface area contributed by atoms with Crippen LogP contribution in [0.25, 0.3) is 11.4 Å². The summed E-state index contributed by atoms with van der Waals surface area (Å²) in [6, 6.07) is 2.64. The van der Waals surface area contributed by atoms with Gasteiger partial charge in [0.15, 0.2) is 5.69 Å². The number of nitrogens with one attached hydrogen (secondary N) is 1. The standard InChI is InChI=1S/C18H19FIN5O5S/c1-30-18(29)10-5-3-2-4-9(10)16(26)22-12-7-6-11(21-15(12)19)13-14(17(27)28)25(8-31-20)24-23-13/h6-7,9-10H,2-5,8H2,1H3,(H,22,26)(H,27,28)/t9-,10-/m0/s1. The van der Waals surface area contributed by atoms with Gasteiger partial charge in [-0.3, -0.25) is 9.59 Å². The SMILES string of the molecule is COC(=O)[C@H]1CCCC[C@@H]1C(=O)Nc1ccc(-c2nnn(CSI)c2C(=O)O)nc1F. The molecule has 2 aromatic rings. The lowest BCUT2D eigenvalue weighted by Gasteiger charge is -2.28. The molecule has 0 spiro atoms. The second kappa shape index (κ2) is 10.3. The minimum atomic E-state index is -1.27. The Kier molecular flexibility index (Phi) is 7.80. The van der Waals surface area contributed by atoms with Crippen LogP contribution in [-0.2, 0) is 20.2 Å². The first-order valence-corrected chi connectivity index (χ1v) is 12.9. The number of pyridine rings is 1. The molecule has 2 heterocycles. The van der Waals surface area contributed by atoms with Gasteiger partial charge in [0.25, 0.3) is 0 Å². The molecule has 0 aliphatic heterocycles. The normalized spacial score (nSPS) is 18.4. The zero-order valence-corrected chi connectivity index (χ0v) is 19.4. The van der Waals surface area contributed by atoms with Gasteiger partial charge in [0.1, 0.15) is 5.69 Å². The fourth-order valence-corrected chi connectivity index (χ4v) is 4.66. The maximum atomic E-state index is 14.6. The van der Waals surface area contributed by atoms with E-state index in [0.717, 1.165) is 12.8 Å². The van der Waals surface area contributed by atoms with Crippen LogP contribution in [0.3, 0.4) is 0 Å². The van der Waals surface area contributed by atoms with Crippen LogP contribution < -0.4 is 5.32 Å². The Morgan fingerprint density at radius 3 is 2.65 bits per heavy atom. The highest BCUT2D eigenvalue weighted by Gasteiger charge is 2.36. The molecule has 0 aromatic carbocycles. The first kappa shape index (κ1) is 23.4. The van der Waals surface area contributed by atoms with Gasteiger partial charge in [-0.05, 0) is 46.2 Å². The lowest BCUT2D eigenvalue weighted by atomic mass is 9.78. The molecule has 1 amide bonds. The number of carbonyl (C=O) groups is 3. The molecular weight excluding hydrogens is 544 g/mol. The van der Waals surface area contributed by atoms with Gasteiger partial charge in [-0.25, -0.2) is 14.5 Å². The van der Waals surface area contributed by atoms with Crippen molar-refractivity contribution in [3.8, 4) is 11.4 Å². The molecule has 166 valence electrons. The second-order valence-electron chi connectivity index (χ2n) is 6.87. The number of carbonyl (C=O) groups excluding carboxylic acids is 2. The maximum Gasteiger partial charge on any atom is 0.356 e. The molecule has 13 heteroatoms. The number of nitrogens with zero attached hydrogens (tertiary/aromatic N) is 4. The molecule has 1 aliphatic rings. The van der Waals surface area contributed by atoms with E-state index in [4.69, 9.17) is 4.74 Å². The third kappa shape index (κ3) is 5.14. The fraction of sp³-hybridized carbons (Fsp3) is 0.444. The van der Waals surface area contributed by atoms with E-state index >= 15 is 0 Å². The summed E-state index contributed by atoms with van der Waals surface area (Å²) in [5, 5.41) is 19.6. The number of aromatic nitrogens is 4. The molecule has 2 atom stereocenters. The van der Waals surface area contributed by atoms with E-state index in [9.17, 15) is 23.9 Å². The molecule has 0 radical (unpaired) electrons. The van der Waals surface area contributed by atoms with Crippen molar-refractivity contribution in [1.29, 1.82) is 0 Å². The number of hydrogen-bond acceptors (Lipinski definition) is 8. The zero-order chi connectivity index (χ0) is 22.5. The summed E-state index contributed by atoms with van der Waals surface area (Å²) in [4.78, 5) is 40.1. The van der Waals surface area contributed by atoms with Crippen molar-refractivity contribution >= 4 is 53.7 Å². The topological polar surface area (TPSA) is 136 Å².